The summed E-state index contributed by atoms with van der Waals surface area (Å²) in [5, 5.41) is 6.89. The average molecular weight is 337 g/mol. The van der Waals surface area contributed by atoms with Crippen LogP contribution in [-0.2, 0) is 20.9 Å². The smallest absolute Gasteiger partial charge is 0.290 e. The van der Waals surface area contributed by atoms with Crippen LogP contribution in [0.3, 0.4) is 0 Å². The van der Waals surface area contributed by atoms with Gasteiger partial charge in [0.2, 0.25) is 11.8 Å². The Morgan fingerprint density at radius 3 is 2.71 bits per heavy atom. The number of amides is 2. The predicted octanol–water partition coefficient (Wildman–Crippen LogP) is 0.760. The zero-order valence-corrected chi connectivity index (χ0v) is 14.1. The van der Waals surface area contributed by atoms with Crippen LogP contribution in [0, 0.1) is 0 Å². The van der Waals surface area contributed by atoms with Gasteiger partial charge in [-0.3, -0.25) is 19.4 Å². The van der Waals surface area contributed by atoms with Crippen LogP contribution in [0.25, 0.3) is 0 Å². The van der Waals surface area contributed by atoms with Gasteiger partial charge in [-0.1, -0.05) is 6.92 Å². The zero-order chi connectivity index (χ0) is 18.1. The second-order valence-electron chi connectivity index (χ2n) is 5.25. The fourth-order valence-corrected chi connectivity index (χ4v) is 2.47. The van der Waals surface area contributed by atoms with Crippen molar-refractivity contribution in [3.63, 3.8) is 0 Å². The maximum Gasteiger partial charge on any atom is 0.290 e. The minimum Gasteiger partial charge on any atom is -0.497 e. The van der Waals surface area contributed by atoms with Crippen molar-refractivity contribution in [1.29, 1.82) is 0 Å². The lowest BCUT2D eigenvalue weighted by atomic mass is 10.1. The number of nitrogens with zero attached hydrogens (tertiary/aromatic N) is 3. The first kappa shape index (κ1) is 19.4. The van der Waals surface area contributed by atoms with Crippen molar-refractivity contribution in [2.75, 3.05) is 20.2 Å². The van der Waals surface area contributed by atoms with E-state index in [2.05, 4.69) is 4.98 Å². The molecule has 0 bridgehead atoms. The van der Waals surface area contributed by atoms with Crippen LogP contribution in [0.5, 0.6) is 5.75 Å². The summed E-state index contributed by atoms with van der Waals surface area (Å²) in [5.74, 6) is 0.649. The first-order chi connectivity index (χ1) is 11.5. The topological polar surface area (TPSA) is 100 Å². The fraction of sp³-hybridized carbons (Fsp3) is 0.500. The van der Waals surface area contributed by atoms with Crippen molar-refractivity contribution >= 4 is 18.3 Å². The summed E-state index contributed by atoms with van der Waals surface area (Å²) >= 11 is 0. The molecule has 0 aliphatic carbocycles. The maximum absolute atomic E-state index is 12.3. The van der Waals surface area contributed by atoms with E-state index in [1.165, 1.54) is 0 Å². The minimum absolute atomic E-state index is 0.000605. The molecule has 1 aromatic heterocycles. The number of hydrogen-bond acceptors (Lipinski definition) is 5. The molecule has 1 atom stereocenters. The van der Waals surface area contributed by atoms with Crippen molar-refractivity contribution in [2.45, 2.75) is 32.9 Å². The molecule has 0 spiro atoms. The number of ether oxygens (including phenoxy) is 1. The van der Waals surface area contributed by atoms with Crippen LogP contribution in [0.4, 0.5) is 0 Å². The predicted molar refractivity (Wildman–Crippen MR) is 86.4 cm³/mol. The number of piperazine rings is 1. The largest absolute Gasteiger partial charge is 0.497 e. The van der Waals surface area contributed by atoms with Crippen LogP contribution < -0.4 is 4.74 Å². The Balaban J connectivity index is 0.000000891. The van der Waals surface area contributed by atoms with E-state index in [9.17, 15) is 9.59 Å². The normalized spacial score (nSPS) is 17.2. The first-order valence-electron chi connectivity index (χ1n) is 7.63. The van der Waals surface area contributed by atoms with Gasteiger partial charge in [-0.15, -0.1) is 0 Å². The van der Waals surface area contributed by atoms with E-state index >= 15 is 0 Å². The lowest BCUT2D eigenvalue weighted by molar-refractivity contribution is -0.155. The van der Waals surface area contributed by atoms with Gasteiger partial charge in [0.1, 0.15) is 11.8 Å². The molecule has 132 valence electrons. The Kier molecular flexibility index (Phi) is 7.67. The lowest BCUT2D eigenvalue weighted by Gasteiger charge is -2.38. The number of pyridine rings is 1. The highest BCUT2D eigenvalue weighted by Gasteiger charge is 2.36. The van der Waals surface area contributed by atoms with Gasteiger partial charge in [-0.2, -0.15) is 0 Å². The molecule has 8 heteroatoms. The summed E-state index contributed by atoms with van der Waals surface area (Å²) < 4.78 is 5.15. The minimum atomic E-state index is -0.453. The van der Waals surface area contributed by atoms with E-state index in [4.69, 9.17) is 14.6 Å². The summed E-state index contributed by atoms with van der Waals surface area (Å²) in [6.07, 6.45) is 2.49. The van der Waals surface area contributed by atoms with Gasteiger partial charge in [-0.25, -0.2) is 0 Å². The van der Waals surface area contributed by atoms with Crippen LogP contribution >= 0.6 is 0 Å². The van der Waals surface area contributed by atoms with E-state index < -0.39 is 6.04 Å². The number of carbonyl (C=O) groups excluding carboxylic acids is 2. The SMILES string of the molecule is CCCN1CC(=O)N(Cc2cc(OC)ccn2)[C@@H](C)C1=O.O=CO. The summed E-state index contributed by atoms with van der Waals surface area (Å²) in [6, 6.07) is 3.08. The Morgan fingerprint density at radius 1 is 1.46 bits per heavy atom. The van der Waals surface area contributed by atoms with E-state index in [1.807, 2.05) is 6.92 Å². The Bertz CT molecular complexity index is 579. The molecule has 8 nitrogen and oxygen atoms in total. The first-order valence-corrected chi connectivity index (χ1v) is 7.63. The van der Waals surface area contributed by atoms with Gasteiger partial charge >= 0.3 is 0 Å². The molecule has 1 saturated heterocycles. The van der Waals surface area contributed by atoms with Crippen LogP contribution in [0.15, 0.2) is 18.3 Å². The van der Waals surface area contributed by atoms with Gasteiger partial charge < -0.3 is 19.6 Å². The van der Waals surface area contributed by atoms with Gasteiger partial charge in [0, 0.05) is 18.8 Å². The molecule has 0 aromatic carbocycles. The maximum atomic E-state index is 12.3. The molecule has 2 heterocycles. The average Bonchev–Trinajstić information content (AvgIpc) is 2.57. The molecule has 1 aromatic rings. The second kappa shape index (κ2) is 9.49. The third-order valence-corrected chi connectivity index (χ3v) is 3.63. The number of methoxy groups -OCH3 is 1. The quantitative estimate of drug-likeness (QED) is 0.796. The van der Waals surface area contributed by atoms with Gasteiger partial charge in [0.25, 0.3) is 6.47 Å². The molecule has 1 fully saturated rings. The third kappa shape index (κ3) is 4.94. The van der Waals surface area contributed by atoms with E-state index in [0.29, 0.717) is 24.5 Å². The van der Waals surface area contributed by atoms with E-state index in [0.717, 1.165) is 6.42 Å². The number of carbonyl (C=O) groups is 3. The monoisotopic (exact) mass is 337 g/mol. The molecule has 0 unspecified atom stereocenters. The number of hydrogen-bond donors (Lipinski definition) is 1. The third-order valence-electron chi connectivity index (χ3n) is 3.63. The number of rotatable bonds is 5. The molecule has 24 heavy (non-hydrogen) atoms. The van der Waals surface area contributed by atoms with Gasteiger partial charge in [0.05, 0.1) is 25.9 Å². The molecule has 1 N–H and O–H groups in total. The summed E-state index contributed by atoms with van der Waals surface area (Å²) in [5.41, 5.74) is 0.714. The lowest BCUT2D eigenvalue weighted by Crippen LogP contribution is -2.58. The Hall–Kier alpha value is -2.64. The molecular formula is C16H23N3O5. The molecule has 0 saturated carbocycles. The highest BCUT2D eigenvalue weighted by Crippen LogP contribution is 2.18. The standard InChI is InChI=1S/C15H21N3O3.CH2O2/c1-4-7-17-10-14(19)18(11(2)15(17)20)9-12-8-13(21-3)5-6-16-12;2-1-3/h5-6,8,11H,4,7,9-10H2,1-3H3;1H,(H,2,3)/t11-;/m0./s1. The highest BCUT2D eigenvalue weighted by molar-refractivity contribution is 5.94. The van der Waals surface area contributed by atoms with Crippen LogP contribution in [-0.4, -0.2) is 64.4 Å². The number of aromatic nitrogens is 1. The fourth-order valence-electron chi connectivity index (χ4n) is 2.47. The van der Waals surface area contributed by atoms with Crippen molar-refractivity contribution < 1.29 is 24.2 Å². The van der Waals surface area contributed by atoms with E-state index in [-0.39, 0.29) is 24.8 Å². The van der Waals surface area contributed by atoms with Crippen molar-refractivity contribution in [1.82, 2.24) is 14.8 Å². The molecule has 1 aliphatic heterocycles. The number of carboxylic acid groups (broad SMARTS) is 1. The molecule has 2 amide bonds. The van der Waals surface area contributed by atoms with Crippen LogP contribution in [0.2, 0.25) is 0 Å². The summed E-state index contributed by atoms with van der Waals surface area (Å²) in [7, 11) is 1.58. The summed E-state index contributed by atoms with van der Waals surface area (Å²) in [6.45, 7) is 4.61. The molecular weight excluding hydrogens is 314 g/mol. The second-order valence-corrected chi connectivity index (χ2v) is 5.25. The van der Waals surface area contributed by atoms with Crippen molar-refractivity contribution in [3.05, 3.63) is 24.0 Å². The van der Waals surface area contributed by atoms with Gasteiger partial charge in [0.15, 0.2) is 0 Å². The Labute approximate surface area is 141 Å². The van der Waals surface area contributed by atoms with Crippen molar-refractivity contribution in [2.24, 2.45) is 0 Å². The molecule has 2 rings (SSSR count). The molecule has 0 radical (unpaired) electrons. The molecule has 1 aliphatic rings. The highest BCUT2D eigenvalue weighted by atomic mass is 16.5. The summed E-state index contributed by atoms with van der Waals surface area (Å²) in [4.78, 5) is 40.3. The van der Waals surface area contributed by atoms with Crippen LogP contribution in [0.1, 0.15) is 26.0 Å². The Morgan fingerprint density at radius 2 is 2.12 bits per heavy atom. The zero-order valence-electron chi connectivity index (χ0n) is 14.1. The van der Waals surface area contributed by atoms with E-state index in [1.54, 1.807) is 42.2 Å². The van der Waals surface area contributed by atoms with Crippen molar-refractivity contribution in [3.8, 4) is 5.75 Å². The van der Waals surface area contributed by atoms with Gasteiger partial charge in [-0.05, 0) is 19.4 Å².